The van der Waals surface area contributed by atoms with E-state index in [0.29, 0.717) is 17.4 Å². The second-order valence-electron chi connectivity index (χ2n) is 24.9. The van der Waals surface area contributed by atoms with E-state index in [4.69, 9.17) is 18.5 Å². The summed E-state index contributed by atoms with van der Waals surface area (Å²) in [5.74, 6) is -0.814. The molecular formula is C82H135NO8P+. The van der Waals surface area contributed by atoms with Gasteiger partial charge in [0.15, 0.2) is 6.10 Å². The topological polar surface area (TPSA) is 108 Å². The Morgan fingerprint density at radius 3 is 0.870 bits per heavy atom. The molecule has 0 spiro atoms. The molecule has 0 bridgehead atoms. The third-order valence-electron chi connectivity index (χ3n) is 14.9. The highest BCUT2D eigenvalue weighted by atomic mass is 31.2. The second-order valence-corrected chi connectivity index (χ2v) is 26.3. The number of quaternary nitrogens is 1. The minimum absolute atomic E-state index is 0.0217. The molecule has 0 saturated carbocycles. The third kappa shape index (κ3) is 74.2. The molecule has 2 atom stereocenters. The number of ether oxygens (including phenoxy) is 2. The second kappa shape index (κ2) is 70.4. The number of esters is 2. The van der Waals surface area contributed by atoms with Gasteiger partial charge < -0.3 is 18.9 Å². The summed E-state index contributed by atoms with van der Waals surface area (Å²) < 4.78 is 34.7. The van der Waals surface area contributed by atoms with Crippen LogP contribution >= 0.6 is 7.82 Å². The van der Waals surface area contributed by atoms with Crippen molar-refractivity contribution in [2.75, 3.05) is 47.5 Å². The third-order valence-corrected chi connectivity index (χ3v) is 15.9. The number of carbonyl (C=O) groups is 2. The van der Waals surface area contributed by atoms with Crippen molar-refractivity contribution in [2.45, 2.75) is 277 Å². The van der Waals surface area contributed by atoms with Gasteiger partial charge >= 0.3 is 19.8 Å². The van der Waals surface area contributed by atoms with E-state index in [0.717, 1.165) is 154 Å². The van der Waals surface area contributed by atoms with Gasteiger partial charge in [-0.1, -0.05) is 305 Å². The first-order valence-corrected chi connectivity index (χ1v) is 38.0. The van der Waals surface area contributed by atoms with Gasteiger partial charge in [0.25, 0.3) is 0 Å². The van der Waals surface area contributed by atoms with Crippen LogP contribution in [0.4, 0.5) is 0 Å². The Morgan fingerprint density at radius 1 is 0.337 bits per heavy atom. The Balaban J connectivity index is 4.11. The van der Waals surface area contributed by atoms with Crippen LogP contribution in [0.25, 0.3) is 0 Å². The number of phosphoric acid groups is 1. The van der Waals surface area contributed by atoms with Crippen molar-refractivity contribution in [2.24, 2.45) is 0 Å². The summed E-state index contributed by atoms with van der Waals surface area (Å²) in [6.07, 6.45) is 108. The minimum atomic E-state index is -4.41. The van der Waals surface area contributed by atoms with E-state index in [1.54, 1.807) is 0 Å². The van der Waals surface area contributed by atoms with Gasteiger partial charge in [0, 0.05) is 12.8 Å². The Labute approximate surface area is 565 Å². The maximum absolute atomic E-state index is 12.9. The monoisotopic (exact) mass is 1290 g/mol. The molecule has 520 valence electrons. The van der Waals surface area contributed by atoms with Gasteiger partial charge in [-0.15, -0.1) is 0 Å². The number of hydrogen-bond acceptors (Lipinski definition) is 7. The quantitative estimate of drug-likeness (QED) is 0.0211. The lowest BCUT2D eigenvalue weighted by molar-refractivity contribution is -0.870. The molecule has 0 aliphatic heterocycles. The summed E-state index contributed by atoms with van der Waals surface area (Å²) in [7, 11) is 1.45. The molecule has 10 heteroatoms. The highest BCUT2D eigenvalue weighted by molar-refractivity contribution is 7.47. The average molecular weight is 1290 g/mol. The van der Waals surface area contributed by atoms with Gasteiger partial charge in [-0.25, -0.2) is 4.57 Å². The molecule has 9 nitrogen and oxygen atoms in total. The molecular weight excluding hydrogens is 1160 g/mol. The summed E-state index contributed by atoms with van der Waals surface area (Å²) in [6, 6.07) is 0. The number of nitrogens with zero attached hydrogens (tertiary/aromatic N) is 1. The fraction of sp³-hybridized carbons (Fsp3) is 0.610. The molecule has 2 unspecified atom stereocenters. The lowest BCUT2D eigenvalue weighted by Crippen LogP contribution is -2.37. The lowest BCUT2D eigenvalue weighted by atomic mass is 10.0. The number of phosphoric ester groups is 1. The van der Waals surface area contributed by atoms with E-state index in [1.165, 1.54) is 83.5 Å². The summed E-state index contributed by atoms with van der Waals surface area (Å²) in [5.41, 5.74) is 0. The molecule has 0 aromatic heterocycles. The first kappa shape index (κ1) is 87.1. The molecule has 0 aliphatic rings. The van der Waals surface area contributed by atoms with Crippen LogP contribution in [0, 0.1) is 0 Å². The highest BCUT2D eigenvalue weighted by Crippen LogP contribution is 2.43. The molecule has 0 aromatic carbocycles. The minimum Gasteiger partial charge on any atom is -0.462 e. The van der Waals surface area contributed by atoms with Crippen molar-refractivity contribution < 1.29 is 42.1 Å². The number of unbranched alkanes of at least 4 members (excludes halogenated alkanes) is 21. The predicted octanol–water partition coefficient (Wildman–Crippen LogP) is 24.3. The first-order valence-electron chi connectivity index (χ1n) is 36.5. The molecule has 0 heterocycles. The van der Waals surface area contributed by atoms with E-state index >= 15 is 0 Å². The molecule has 0 amide bonds. The summed E-state index contributed by atoms with van der Waals surface area (Å²) in [6.45, 7) is 4.19. The van der Waals surface area contributed by atoms with Crippen molar-refractivity contribution in [3.63, 3.8) is 0 Å². The smallest absolute Gasteiger partial charge is 0.462 e. The average Bonchev–Trinajstić information content (AvgIpc) is 2.14. The van der Waals surface area contributed by atoms with Crippen LogP contribution in [0.1, 0.15) is 271 Å². The number of rotatable bonds is 65. The van der Waals surface area contributed by atoms with Crippen LogP contribution < -0.4 is 0 Å². The van der Waals surface area contributed by atoms with E-state index in [-0.39, 0.29) is 32.0 Å². The summed E-state index contributed by atoms with van der Waals surface area (Å²) in [4.78, 5) is 35.9. The number of likely N-dealkylation sites (N-methyl/N-ethyl adjacent to an activating group) is 1. The van der Waals surface area contributed by atoms with Crippen molar-refractivity contribution in [3.8, 4) is 0 Å². The van der Waals surface area contributed by atoms with E-state index in [2.05, 4.69) is 196 Å². The van der Waals surface area contributed by atoms with Crippen molar-refractivity contribution in [3.05, 3.63) is 182 Å². The molecule has 92 heavy (non-hydrogen) atoms. The molecule has 0 fully saturated rings. The number of allylic oxidation sites excluding steroid dienone is 30. The molecule has 0 aliphatic carbocycles. The van der Waals surface area contributed by atoms with Gasteiger partial charge in [-0.2, -0.15) is 0 Å². The van der Waals surface area contributed by atoms with Gasteiger partial charge in [-0.3, -0.25) is 18.6 Å². The van der Waals surface area contributed by atoms with Crippen molar-refractivity contribution in [1.29, 1.82) is 0 Å². The van der Waals surface area contributed by atoms with Gasteiger partial charge in [0.1, 0.15) is 19.8 Å². The fourth-order valence-electron chi connectivity index (χ4n) is 9.42. The maximum atomic E-state index is 12.9. The first-order chi connectivity index (χ1) is 45.0. The maximum Gasteiger partial charge on any atom is 0.472 e. The van der Waals surface area contributed by atoms with E-state index < -0.39 is 26.5 Å². The predicted molar refractivity (Wildman–Crippen MR) is 399 cm³/mol. The van der Waals surface area contributed by atoms with Crippen molar-refractivity contribution in [1.82, 2.24) is 0 Å². The number of hydrogen-bond donors (Lipinski definition) is 1. The molecule has 1 N–H and O–H groups in total. The summed E-state index contributed by atoms with van der Waals surface area (Å²) in [5, 5.41) is 0. The van der Waals surface area contributed by atoms with E-state index in [1.807, 2.05) is 21.1 Å². The zero-order valence-electron chi connectivity index (χ0n) is 59.2. The zero-order valence-corrected chi connectivity index (χ0v) is 60.1. The lowest BCUT2D eigenvalue weighted by Gasteiger charge is -2.24. The number of carbonyl (C=O) groups excluding carboxylic acids is 2. The van der Waals surface area contributed by atoms with Crippen LogP contribution in [0.5, 0.6) is 0 Å². The molecule has 0 radical (unpaired) electrons. The van der Waals surface area contributed by atoms with Crippen molar-refractivity contribution >= 4 is 19.8 Å². The van der Waals surface area contributed by atoms with Crippen LogP contribution in [0.3, 0.4) is 0 Å². The molecule has 0 rings (SSSR count). The largest absolute Gasteiger partial charge is 0.472 e. The van der Waals surface area contributed by atoms with Crippen LogP contribution in [0.2, 0.25) is 0 Å². The van der Waals surface area contributed by atoms with Crippen LogP contribution in [-0.2, 0) is 32.7 Å². The fourth-order valence-corrected chi connectivity index (χ4v) is 10.2. The van der Waals surface area contributed by atoms with E-state index in [9.17, 15) is 19.0 Å². The molecule has 0 aromatic rings. The Kier molecular flexibility index (Phi) is 66.7. The standard InChI is InChI=1S/C82H134NO8P/c1-6-8-10-12-14-16-18-20-22-24-26-28-30-32-34-36-37-38-39-40-41-42-43-44-45-47-49-51-53-55-57-59-61-63-65-67-69-71-73-75-82(85)91-80(79-90-92(86,87)89-77-76-83(3,4)5)78-88-81(84)74-72-70-68-66-64-62-60-58-56-54-52-50-48-46-35-33-31-29-27-25-23-21-19-17-15-13-11-9-7-2/h8-11,14-17,20-23,26-29,32-35,37-38,40-41,43-44,47-50,80H,6-7,12-13,18-19,24-25,30-31,36,39,42,45-46,51-79H2,1-5H3/p+1/b10-8-,11-9-,16-14-,17-15-,22-20-,23-21-,28-26-,29-27-,34-32-,35-33-,38-37-,41-40-,44-43-,49-47-,50-48-. The Morgan fingerprint density at radius 2 is 0.587 bits per heavy atom. The zero-order chi connectivity index (χ0) is 66.9. The SMILES string of the molecule is CC/C=C\C/C=C\C/C=C\C/C=C\C/C=C\C/C=C\C/C=C\C/C=C\C/C=C\CCCCCCCCCCCCCC(=O)OC(COC(=O)CCCCCCCCCCCC/C=C\C/C=C\C/C=C\C/C=C\C/C=C\C/C=C\CC)COP(=O)(O)OCC[N+](C)(C)C. The van der Waals surface area contributed by atoms with Gasteiger partial charge in [0.2, 0.25) is 0 Å². The van der Waals surface area contributed by atoms with Gasteiger partial charge in [-0.05, 0) is 135 Å². The van der Waals surface area contributed by atoms with Gasteiger partial charge in [0.05, 0.1) is 27.7 Å². The summed E-state index contributed by atoms with van der Waals surface area (Å²) >= 11 is 0. The Bertz CT molecular complexity index is 2210. The normalized spacial score (nSPS) is 14.2. The van der Waals surface area contributed by atoms with Crippen LogP contribution in [-0.4, -0.2) is 74.9 Å². The van der Waals surface area contributed by atoms with Crippen LogP contribution in [0.15, 0.2) is 182 Å². The molecule has 0 saturated heterocycles. The highest BCUT2D eigenvalue weighted by Gasteiger charge is 2.27. The Hall–Kier alpha value is -4.89.